The predicted molar refractivity (Wildman–Crippen MR) is 90.0 cm³/mol. The zero-order valence-corrected chi connectivity index (χ0v) is 13.2. The Morgan fingerprint density at radius 2 is 1.40 bits per heavy atom. The topological polar surface area (TPSA) is 58.2 Å². The molecule has 2 rings (SSSR count). The molecule has 0 aliphatic carbocycles. The van der Waals surface area contributed by atoms with Crippen LogP contribution in [-0.4, -0.2) is 18.0 Å². The number of carbonyl (C=O) groups excluding carboxylic acids is 2. The summed E-state index contributed by atoms with van der Waals surface area (Å²) in [4.78, 5) is 22.7. The SMILES string of the molecule is Cc1ccc(/C=C/C(=O)Nc2ccc(NC(=O)C(F)(F)F)cc2)cc1. The van der Waals surface area contributed by atoms with Crippen LogP contribution in [0.1, 0.15) is 11.1 Å². The Morgan fingerprint density at radius 1 is 0.880 bits per heavy atom. The number of aryl methyl sites for hydroxylation is 1. The molecule has 4 nitrogen and oxygen atoms in total. The first-order chi connectivity index (χ1) is 11.7. The minimum atomic E-state index is -4.95. The van der Waals surface area contributed by atoms with Crippen molar-refractivity contribution < 1.29 is 22.8 Å². The normalized spacial score (nSPS) is 11.4. The second-order valence-electron chi connectivity index (χ2n) is 5.26. The van der Waals surface area contributed by atoms with Crippen LogP contribution in [0.5, 0.6) is 0 Å². The Bertz CT molecular complexity index is 779. The summed E-state index contributed by atoms with van der Waals surface area (Å²) in [6.45, 7) is 1.96. The third kappa shape index (κ3) is 5.80. The third-order valence-electron chi connectivity index (χ3n) is 3.17. The van der Waals surface area contributed by atoms with E-state index in [2.05, 4.69) is 5.32 Å². The molecule has 0 aliphatic heterocycles. The highest BCUT2D eigenvalue weighted by Gasteiger charge is 2.38. The molecule has 2 N–H and O–H groups in total. The number of amides is 2. The second-order valence-corrected chi connectivity index (χ2v) is 5.26. The first-order valence-corrected chi connectivity index (χ1v) is 7.28. The van der Waals surface area contributed by atoms with E-state index >= 15 is 0 Å². The zero-order chi connectivity index (χ0) is 18.4. The number of alkyl halides is 3. The van der Waals surface area contributed by atoms with Crippen LogP contribution in [0.15, 0.2) is 54.6 Å². The molecular weight excluding hydrogens is 333 g/mol. The van der Waals surface area contributed by atoms with Crippen LogP contribution in [-0.2, 0) is 9.59 Å². The Balaban J connectivity index is 1.93. The standard InChI is InChI=1S/C18H15F3N2O2/c1-12-2-4-13(5-3-12)6-11-16(24)22-14-7-9-15(10-8-14)23-17(25)18(19,20)21/h2-11H,1H3,(H,22,24)(H,23,25)/b11-6+. The van der Waals surface area contributed by atoms with Gasteiger partial charge in [-0.05, 0) is 42.8 Å². The van der Waals surface area contributed by atoms with Crippen LogP contribution in [0.4, 0.5) is 24.5 Å². The van der Waals surface area contributed by atoms with Gasteiger partial charge in [0.15, 0.2) is 0 Å². The van der Waals surface area contributed by atoms with E-state index in [0.717, 1.165) is 11.1 Å². The van der Waals surface area contributed by atoms with Crippen LogP contribution in [0.25, 0.3) is 6.08 Å². The van der Waals surface area contributed by atoms with Gasteiger partial charge in [-0.2, -0.15) is 13.2 Å². The maximum atomic E-state index is 12.2. The average Bonchev–Trinajstić information content (AvgIpc) is 2.55. The van der Waals surface area contributed by atoms with E-state index < -0.39 is 12.1 Å². The molecule has 0 saturated carbocycles. The Kier molecular flexibility index (Phi) is 5.59. The van der Waals surface area contributed by atoms with Gasteiger partial charge in [0.1, 0.15) is 0 Å². The van der Waals surface area contributed by atoms with Gasteiger partial charge in [-0.3, -0.25) is 9.59 Å². The smallest absolute Gasteiger partial charge is 0.323 e. The van der Waals surface area contributed by atoms with Crippen molar-refractivity contribution in [2.24, 2.45) is 0 Å². The highest BCUT2D eigenvalue weighted by molar-refractivity contribution is 6.02. The molecule has 0 spiro atoms. The molecule has 7 heteroatoms. The van der Waals surface area contributed by atoms with E-state index in [4.69, 9.17) is 0 Å². The first kappa shape index (κ1) is 18.3. The molecule has 130 valence electrons. The molecule has 0 fully saturated rings. The molecule has 0 unspecified atom stereocenters. The summed E-state index contributed by atoms with van der Waals surface area (Å²) in [7, 11) is 0. The van der Waals surface area contributed by atoms with Crippen LogP contribution >= 0.6 is 0 Å². The van der Waals surface area contributed by atoms with Crippen molar-refractivity contribution in [2.45, 2.75) is 13.1 Å². The van der Waals surface area contributed by atoms with Crippen molar-refractivity contribution in [2.75, 3.05) is 10.6 Å². The molecule has 25 heavy (non-hydrogen) atoms. The van der Waals surface area contributed by atoms with Crippen LogP contribution in [0, 0.1) is 6.92 Å². The lowest BCUT2D eigenvalue weighted by Crippen LogP contribution is -2.29. The van der Waals surface area contributed by atoms with Gasteiger partial charge in [-0.25, -0.2) is 0 Å². The Labute approximate surface area is 142 Å². The molecule has 0 saturated heterocycles. The summed E-state index contributed by atoms with van der Waals surface area (Å²) in [6.07, 6.45) is -1.95. The number of benzene rings is 2. The summed E-state index contributed by atoms with van der Waals surface area (Å²) in [6, 6.07) is 12.9. The van der Waals surface area contributed by atoms with Crippen LogP contribution in [0.2, 0.25) is 0 Å². The molecule has 0 radical (unpaired) electrons. The average molecular weight is 348 g/mol. The lowest BCUT2D eigenvalue weighted by molar-refractivity contribution is -0.167. The monoisotopic (exact) mass is 348 g/mol. The number of carbonyl (C=O) groups is 2. The molecule has 0 aliphatic rings. The maximum absolute atomic E-state index is 12.2. The largest absolute Gasteiger partial charge is 0.471 e. The number of nitrogens with one attached hydrogen (secondary N) is 2. The summed E-state index contributed by atoms with van der Waals surface area (Å²) < 4.78 is 36.5. The van der Waals surface area contributed by atoms with Gasteiger partial charge >= 0.3 is 12.1 Å². The molecule has 0 atom stereocenters. The van der Waals surface area contributed by atoms with E-state index in [-0.39, 0.29) is 11.6 Å². The van der Waals surface area contributed by atoms with Crippen molar-refractivity contribution in [1.82, 2.24) is 0 Å². The van der Waals surface area contributed by atoms with Gasteiger partial charge in [-0.1, -0.05) is 29.8 Å². The maximum Gasteiger partial charge on any atom is 0.471 e. The highest BCUT2D eigenvalue weighted by Crippen LogP contribution is 2.19. The van der Waals surface area contributed by atoms with Crippen molar-refractivity contribution in [3.05, 3.63) is 65.7 Å². The van der Waals surface area contributed by atoms with Gasteiger partial charge in [0.05, 0.1) is 0 Å². The predicted octanol–water partition coefficient (Wildman–Crippen LogP) is 4.15. The first-order valence-electron chi connectivity index (χ1n) is 7.28. The fourth-order valence-electron chi connectivity index (χ4n) is 1.87. The minimum absolute atomic E-state index is 0.0180. The highest BCUT2D eigenvalue weighted by atomic mass is 19.4. The fourth-order valence-corrected chi connectivity index (χ4v) is 1.87. The summed E-state index contributed by atoms with van der Waals surface area (Å²) >= 11 is 0. The second kappa shape index (κ2) is 7.65. The van der Waals surface area contributed by atoms with E-state index in [1.165, 1.54) is 30.3 Å². The summed E-state index contributed by atoms with van der Waals surface area (Å²) in [5, 5.41) is 4.30. The molecule has 0 heterocycles. The molecule has 0 aromatic heterocycles. The van der Waals surface area contributed by atoms with Gasteiger partial charge < -0.3 is 10.6 Å². The van der Waals surface area contributed by atoms with Crippen LogP contribution < -0.4 is 10.6 Å². The lowest BCUT2D eigenvalue weighted by Gasteiger charge is -2.08. The molecule has 0 bridgehead atoms. The molecule has 2 amide bonds. The van der Waals surface area contributed by atoms with Gasteiger partial charge in [0.2, 0.25) is 5.91 Å². The van der Waals surface area contributed by atoms with Gasteiger partial charge in [0, 0.05) is 17.5 Å². The lowest BCUT2D eigenvalue weighted by atomic mass is 10.1. The fraction of sp³-hybridized carbons (Fsp3) is 0.111. The number of hydrogen-bond donors (Lipinski definition) is 2. The van der Waals surface area contributed by atoms with Crippen molar-refractivity contribution in [3.8, 4) is 0 Å². The number of anilines is 2. The minimum Gasteiger partial charge on any atom is -0.323 e. The van der Waals surface area contributed by atoms with Crippen molar-refractivity contribution in [1.29, 1.82) is 0 Å². The number of halogens is 3. The van der Waals surface area contributed by atoms with E-state index in [9.17, 15) is 22.8 Å². The Morgan fingerprint density at radius 3 is 1.92 bits per heavy atom. The molecule has 2 aromatic carbocycles. The number of hydrogen-bond acceptors (Lipinski definition) is 2. The van der Waals surface area contributed by atoms with E-state index in [1.54, 1.807) is 11.4 Å². The summed E-state index contributed by atoms with van der Waals surface area (Å²) in [5.41, 5.74) is 2.35. The van der Waals surface area contributed by atoms with E-state index in [1.807, 2.05) is 31.2 Å². The zero-order valence-electron chi connectivity index (χ0n) is 13.2. The molecule has 2 aromatic rings. The molecular formula is C18H15F3N2O2. The van der Waals surface area contributed by atoms with E-state index in [0.29, 0.717) is 5.69 Å². The Hall–Kier alpha value is -3.09. The number of rotatable bonds is 4. The van der Waals surface area contributed by atoms with Crippen LogP contribution in [0.3, 0.4) is 0 Å². The third-order valence-corrected chi connectivity index (χ3v) is 3.17. The summed E-state index contributed by atoms with van der Waals surface area (Å²) in [5.74, 6) is -2.43. The van der Waals surface area contributed by atoms with Gasteiger partial charge in [-0.15, -0.1) is 0 Å². The van der Waals surface area contributed by atoms with Crippen molar-refractivity contribution in [3.63, 3.8) is 0 Å². The van der Waals surface area contributed by atoms with Crippen molar-refractivity contribution >= 4 is 29.3 Å². The van der Waals surface area contributed by atoms with Gasteiger partial charge in [0.25, 0.3) is 0 Å². The quantitative estimate of drug-likeness (QED) is 0.816.